The van der Waals surface area contributed by atoms with Crippen molar-refractivity contribution in [2.45, 2.75) is 13.5 Å². The second kappa shape index (κ2) is 6.49. The minimum Gasteiger partial charge on any atom is -0.337 e. The van der Waals surface area contributed by atoms with Gasteiger partial charge in [0, 0.05) is 37.4 Å². The molecule has 3 aromatic rings. The van der Waals surface area contributed by atoms with Crippen LogP contribution in [0.3, 0.4) is 0 Å². The van der Waals surface area contributed by atoms with E-state index in [9.17, 15) is 4.79 Å². The van der Waals surface area contributed by atoms with E-state index in [4.69, 9.17) is 11.6 Å². The number of benzene rings is 1. The Labute approximate surface area is 145 Å². The molecule has 0 saturated heterocycles. The van der Waals surface area contributed by atoms with E-state index in [1.807, 2.05) is 38.4 Å². The van der Waals surface area contributed by atoms with Crippen LogP contribution in [0.4, 0.5) is 0 Å². The molecular weight excluding hydrogens is 326 g/mol. The van der Waals surface area contributed by atoms with Crippen LogP contribution in [-0.4, -0.2) is 37.4 Å². The fourth-order valence-electron chi connectivity index (χ4n) is 2.59. The van der Waals surface area contributed by atoms with Crippen molar-refractivity contribution in [2.75, 3.05) is 7.05 Å². The van der Waals surface area contributed by atoms with Gasteiger partial charge in [0.1, 0.15) is 0 Å². The Morgan fingerprint density at radius 2 is 2.08 bits per heavy atom. The van der Waals surface area contributed by atoms with Crippen molar-refractivity contribution >= 4 is 17.5 Å². The number of rotatable bonds is 4. The number of nitrogens with zero attached hydrogens (tertiary/aromatic N) is 5. The molecule has 0 aliphatic carbocycles. The Bertz CT molecular complexity index is 883. The molecule has 2 heterocycles. The smallest absolute Gasteiger partial charge is 0.257 e. The van der Waals surface area contributed by atoms with Crippen molar-refractivity contribution in [2.24, 2.45) is 7.05 Å². The molecule has 0 aliphatic rings. The Balaban J connectivity index is 1.83. The average Bonchev–Trinajstić information content (AvgIpc) is 3.12. The molecule has 1 amide bonds. The van der Waals surface area contributed by atoms with E-state index in [-0.39, 0.29) is 5.91 Å². The minimum atomic E-state index is -0.0790. The lowest BCUT2D eigenvalue weighted by Gasteiger charge is -2.16. The molecule has 0 aliphatic heterocycles. The quantitative estimate of drug-likeness (QED) is 0.732. The Morgan fingerprint density at radius 1 is 1.29 bits per heavy atom. The predicted octanol–water partition coefficient (Wildman–Crippen LogP) is 2.84. The van der Waals surface area contributed by atoms with Gasteiger partial charge in [0.2, 0.25) is 0 Å². The first-order valence-electron chi connectivity index (χ1n) is 7.49. The molecule has 3 rings (SSSR count). The number of amides is 1. The molecule has 0 unspecified atom stereocenters. The van der Waals surface area contributed by atoms with E-state index in [2.05, 4.69) is 10.2 Å². The van der Waals surface area contributed by atoms with Gasteiger partial charge in [0.15, 0.2) is 0 Å². The fraction of sp³-hybridized carbons (Fsp3) is 0.235. The zero-order chi connectivity index (χ0) is 17.3. The summed E-state index contributed by atoms with van der Waals surface area (Å²) < 4.78 is 3.44. The molecule has 6 nitrogen and oxygen atoms in total. The van der Waals surface area contributed by atoms with Gasteiger partial charge in [0.25, 0.3) is 5.91 Å². The van der Waals surface area contributed by atoms with Crippen molar-refractivity contribution < 1.29 is 4.79 Å². The first kappa shape index (κ1) is 16.3. The number of hydrogen-bond acceptors (Lipinski definition) is 3. The van der Waals surface area contributed by atoms with Crippen molar-refractivity contribution in [1.82, 2.24) is 24.5 Å². The van der Waals surface area contributed by atoms with E-state index in [1.54, 1.807) is 39.8 Å². The van der Waals surface area contributed by atoms with Crippen molar-refractivity contribution in [3.05, 3.63) is 64.7 Å². The lowest BCUT2D eigenvalue weighted by atomic mass is 10.2. The van der Waals surface area contributed by atoms with Gasteiger partial charge in [-0.3, -0.25) is 9.48 Å². The molecule has 0 radical (unpaired) electrons. The van der Waals surface area contributed by atoms with Gasteiger partial charge in [-0.15, -0.1) is 0 Å². The highest BCUT2D eigenvalue weighted by Gasteiger charge is 2.19. The third kappa shape index (κ3) is 3.19. The van der Waals surface area contributed by atoms with Gasteiger partial charge in [-0.2, -0.15) is 10.2 Å². The maximum atomic E-state index is 12.7. The van der Waals surface area contributed by atoms with E-state index < -0.39 is 0 Å². The van der Waals surface area contributed by atoms with E-state index in [0.717, 1.165) is 16.9 Å². The van der Waals surface area contributed by atoms with Crippen LogP contribution in [0.2, 0.25) is 5.02 Å². The highest BCUT2D eigenvalue weighted by atomic mass is 35.5. The zero-order valence-corrected chi connectivity index (χ0v) is 14.5. The molecule has 24 heavy (non-hydrogen) atoms. The van der Waals surface area contributed by atoms with Crippen LogP contribution in [0.15, 0.2) is 42.9 Å². The predicted molar refractivity (Wildman–Crippen MR) is 92.3 cm³/mol. The van der Waals surface area contributed by atoms with Crippen LogP contribution in [0.5, 0.6) is 0 Å². The molecule has 7 heteroatoms. The molecule has 2 aromatic heterocycles. The van der Waals surface area contributed by atoms with E-state index in [0.29, 0.717) is 17.1 Å². The van der Waals surface area contributed by atoms with Crippen LogP contribution >= 0.6 is 11.6 Å². The largest absolute Gasteiger partial charge is 0.337 e. The number of aryl methyl sites for hydroxylation is 1. The molecule has 1 aromatic carbocycles. The number of halogens is 1. The van der Waals surface area contributed by atoms with E-state index >= 15 is 0 Å². The summed E-state index contributed by atoms with van der Waals surface area (Å²) in [4.78, 5) is 14.4. The highest BCUT2D eigenvalue weighted by molar-refractivity contribution is 6.30. The summed E-state index contributed by atoms with van der Waals surface area (Å²) in [6.07, 6.45) is 5.25. The summed E-state index contributed by atoms with van der Waals surface area (Å²) in [5.41, 5.74) is 3.16. The van der Waals surface area contributed by atoms with Gasteiger partial charge in [-0.25, -0.2) is 4.68 Å². The second-order valence-corrected chi connectivity index (χ2v) is 6.16. The maximum absolute atomic E-state index is 12.7. The molecule has 0 saturated carbocycles. The van der Waals surface area contributed by atoms with Gasteiger partial charge >= 0.3 is 0 Å². The first-order chi connectivity index (χ1) is 11.5. The number of carbonyl (C=O) groups is 1. The Kier molecular flexibility index (Phi) is 4.40. The van der Waals surface area contributed by atoms with Crippen LogP contribution in [0.1, 0.15) is 21.6 Å². The Hall–Kier alpha value is -2.60. The monoisotopic (exact) mass is 343 g/mol. The van der Waals surface area contributed by atoms with Gasteiger partial charge in [-0.1, -0.05) is 17.7 Å². The standard InChI is InChI=1S/C17H18ClN5O/c1-12-16(9-20-23(12)15-6-4-5-14(18)7-15)17(24)21(2)10-13-8-19-22(3)11-13/h4-9,11H,10H2,1-3H3. The SMILES string of the molecule is Cc1c(C(=O)N(C)Cc2cnn(C)c2)cnn1-c1cccc(Cl)c1. The number of carbonyl (C=O) groups excluding carboxylic acids is 1. The average molecular weight is 344 g/mol. The van der Waals surface area contributed by atoms with Crippen LogP contribution in [0.25, 0.3) is 5.69 Å². The van der Waals surface area contributed by atoms with Gasteiger partial charge in [-0.05, 0) is 25.1 Å². The van der Waals surface area contributed by atoms with Crippen LogP contribution < -0.4 is 0 Å². The summed E-state index contributed by atoms with van der Waals surface area (Å²) in [6.45, 7) is 2.37. The third-order valence-electron chi connectivity index (χ3n) is 3.82. The van der Waals surface area contributed by atoms with Gasteiger partial charge < -0.3 is 4.90 Å². The minimum absolute atomic E-state index is 0.0790. The summed E-state index contributed by atoms with van der Waals surface area (Å²) in [5, 5.41) is 9.09. The van der Waals surface area contributed by atoms with Crippen LogP contribution in [0, 0.1) is 6.92 Å². The van der Waals surface area contributed by atoms with Gasteiger partial charge in [0.05, 0.1) is 29.3 Å². The third-order valence-corrected chi connectivity index (χ3v) is 4.05. The summed E-state index contributed by atoms with van der Waals surface area (Å²) >= 11 is 6.03. The zero-order valence-electron chi connectivity index (χ0n) is 13.8. The lowest BCUT2D eigenvalue weighted by molar-refractivity contribution is 0.0784. The van der Waals surface area contributed by atoms with E-state index in [1.165, 1.54) is 0 Å². The lowest BCUT2D eigenvalue weighted by Crippen LogP contribution is -2.26. The van der Waals surface area contributed by atoms with Crippen molar-refractivity contribution in [1.29, 1.82) is 0 Å². The molecule has 0 bridgehead atoms. The van der Waals surface area contributed by atoms with Crippen LogP contribution in [-0.2, 0) is 13.6 Å². The number of aromatic nitrogens is 4. The molecule has 0 N–H and O–H groups in total. The van der Waals surface area contributed by atoms with Crippen molar-refractivity contribution in [3.63, 3.8) is 0 Å². The first-order valence-corrected chi connectivity index (χ1v) is 7.87. The maximum Gasteiger partial charge on any atom is 0.257 e. The molecular formula is C17H18ClN5O. The molecule has 124 valence electrons. The number of hydrogen-bond donors (Lipinski definition) is 0. The second-order valence-electron chi connectivity index (χ2n) is 5.72. The summed E-state index contributed by atoms with van der Waals surface area (Å²) in [6, 6.07) is 7.38. The summed E-state index contributed by atoms with van der Waals surface area (Å²) in [7, 11) is 3.62. The van der Waals surface area contributed by atoms with Crippen molar-refractivity contribution in [3.8, 4) is 5.69 Å². The summed E-state index contributed by atoms with van der Waals surface area (Å²) in [5.74, 6) is -0.0790. The fourth-order valence-corrected chi connectivity index (χ4v) is 2.78. The molecule has 0 spiro atoms. The highest BCUT2D eigenvalue weighted by Crippen LogP contribution is 2.19. The topological polar surface area (TPSA) is 56.0 Å². The molecule has 0 atom stereocenters. The molecule has 0 fully saturated rings. The normalized spacial score (nSPS) is 10.8. The Morgan fingerprint density at radius 3 is 2.75 bits per heavy atom.